The minimum atomic E-state index is -0.344. The summed E-state index contributed by atoms with van der Waals surface area (Å²) >= 11 is 6.07. The predicted molar refractivity (Wildman–Crippen MR) is 93.5 cm³/mol. The summed E-state index contributed by atoms with van der Waals surface area (Å²) in [5, 5.41) is 4.03. The van der Waals surface area contributed by atoms with Gasteiger partial charge in [0.15, 0.2) is 5.76 Å². The number of anilines is 1. The van der Waals surface area contributed by atoms with Crippen LogP contribution in [0, 0.1) is 6.92 Å². The molecule has 0 fully saturated rings. The van der Waals surface area contributed by atoms with Crippen molar-refractivity contribution in [3.63, 3.8) is 0 Å². The van der Waals surface area contributed by atoms with Crippen molar-refractivity contribution in [3.05, 3.63) is 52.7 Å². The zero-order chi connectivity index (χ0) is 17.3. The smallest absolute Gasteiger partial charge is 0.291 e. The first kappa shape index (κ1) is 16.2. The fraction of sp³-hybridized carbons (Fsp3) is 0.167. The van der Waals surface area contributed by atoms with E-state index in [-0.39, 0.29) is 11.7 Å². The third-order valence-electron chi connectivity index (χ3n) is 3.76. The van der Waals surface area contributed by atoms with Crippen LogP contribution in [0.25, 0.3) is 11.0 Å². The highest BCUT2D eigenvalue weighted by Crippen LogP contribution is 2.30. The second-order valence-electron chi connectivity index (χ2n) is 5.22. The summed E-state index contributed by atoms with van der Waals surface area (Å²) < 4.78 is 16.0. The van der Waals surface area contributed by atoms with Crippen molar-refractivity contribution in [1.82, 2.24) is 0 Å². The summed E-state index contributed by atoms with van der Waals surface area (Å²) in [6.45, 7) is 1.83. The van der Waals surface area contributed by atoms with Gasteiger partial charge in [0.1, 0.15) is 17.1 Å². The Morgan fingerprint density at radius 3 is 2.58 bits per heavy atom. The van der Waals surface area contributed by atoms with E-state index in [0.717, 1.165) is 10.9 Å². The number of halogens is 1. The number of hydrogen-bond acceptors (Lipinski definition) is 4. The van der Waals surface area contributed by atoms with E-state index < -0.39 is 0 Å². The number of benzene rings is 2. The summed E-state index contributed by atoms with van der Waals surface area (Å²) in [4.78, 5) is 12.5. The molecule has 24 heavy (non-hydrogen) atoms. The van der Waals surface area contributed by atoms with E-state index in [1.165, 1.54) is 7.11 Å². The van der Waals surface area contributed by atoms with Gasteiger partial charge in [-0.2, -0.15) is 0 Å². The maximum absolute atomic E-state index is 12.5. The molecule has 3 aromatic rings. The number of furan rings is 1. The minimum Gasteiger partial charge on any atom is -0.497 e. The standard InChI is InChI=1S/C18H16ClNO4/c1-10-13-9-12(22-2)5-7-15(13)24-17(10)18(21)20-11-4-6-16(23-3)14(19)8-11/h4-9H,1-3H3,(H,20,21). The lowest BCUT2D eigenvalue weighted by molar-refractivity contribution is 0.0998. The van der Waals surface area contributed by atoms with Gasteiger partial charge in [0.2, 0.25) is 0 Å². The van der Waals surface area contributed by atoms with Crippen LogP contribution in [0.1, 0.15) is 16.1 Å². The molecule has 0 saturated heterocycles. The van der Waals surface area contributed by atoms with E-state index in [4.69, 9.17) is 25.5 Å². The first-order valence-corrected chi connectivity index (χ1v) is 7.63. The van der Waals surface area contributed by atoms with Gasteiger partial charge in [0.25, 0.3) is 5.91 Å². The highest BCUT2D eigenvalue weighted by molar-refractivity contribution is 6.32. The average molecular weight is 346 g/mol. The zero-order valence-electron chi connectivity index (χ0n) is 13.5. The lowest BCUT2D eigenvalue weighted by Crippen LogP contribution is -2.12. The molecule has 124 valence electrons. The van der Waals surface area contributed by atoms with Gasteiger partial charge in [0, 0.05) is 16.6 Å². The van der Waals surface area contributed by atoms with Crippen LogP contribution in [0.2, 0.25) is 5.02 Å². The first-order valence-electron chi connectivity index (χ1n) is 7.25. The lowest BCUT2D eigenvalue weighted by atomic mass is 10.1. The number of amides is 1. The highest BCUT2D eigenvalue weighted by atomic mass is 35.5. The Balaban J connectivity index is 1.91. The molecule has 2 aromatic carbocycles. The maximum Gasteiger partial charge on any atom is 0.291 e. The molecule has 1 amide bonds. The van der Waals surface area contributed by atoms with Gasteiger partial charge in [-0.3, -0.25) is 4.79 Å². The van der Waals surface area contributed by atoms with Crippen molar-refractivity contribution in [1.29, 1.82) is 0 Å². The van der Waals surface area contributed by atoms with Gasteiger partial charge in [-0.15, -0.1) is 0 Å². The quantitative estimate of drug-likeness (QED) is 0.746. The summed E-state index contributed by atoms with van der Waals surface area (Å²) in [6.07, 6.45) is 0. The number of methoxy groups -OCH3 is 2. The summed E-state index contributed by atoms with van der Waals surface area (Å²) in [7, 11) is 3.13. The molecule has 1 aromatic heterocycles. The van der Waals surface area contributed by atoms with Gasteiger partial charge < -0.3 is 19.2 Å². The number of fused-ring (bicyclic) bond motifs is 1. The van der Waals surface area contributed by atoms with Crippen LogP contribution in [0.4, 0.5) is 5.69 Å². The Bertz CT molecular complexity index is 917. The van der Waals surface area contributed by atoms with Crippen LogP contribution in [0.15, 0.2) is 40.8 Å². The number of aryl methyl sites for hydroxylation is 1. The van der Waals surface area contributed by atoms with Crippen LogP contribution in [0.5, 0.6) is 11.5 Å². The number of nitrogens with one attached hydrogen (secondary N) is 1. The molecule has 1 heterocycles. The normalized spacial score (nSPS) is 10.7. The fourth-order valence-corrected chi connectivity index (χ4v) is 2.73. The second-order valence-corrected chi connectivity index (χ2v) is 5.63. The Kier molecular flexibility index (Phi) is 4.36. The molecule has 0 unspecified atom stereocenters. The third-order valence-corrected chi connectivity index (χ3v) is 4.05. The molecule has 0 aliphatic heterocycles. The van der Waals surface area contributed by atoms with Crippen LogP contribution in [-0.2, 0) is 0 Å². The van der Waals surface area contributed by atoms with E-state index in [9.17, 15) is 4.79 Å². The third kappa shape index (κ3) is 2.90. The van der Waals surface area contributed by atoms with Gasteiger partial charge in [-0.05, 0) is 43.3 Å². The van der Waals surface area contributed by atoms with Crippen LogP contribution >= 0.6 is 11.6 Å². The largest absolute Gasteiger partial charge is 0.497 e. The lowest BCUT2D eigenvalue weighted by Gasteiger charge is -2.07. The molecule has 0 atom stereocenters. The number of carbonyl (C=O) groups excluding carboxylic acids is 1. The predicted octanol–water partition coefficient (Wildman–Crippen LogP) is 4.66. The van der Waals surface area contributed by atoms with E-state index in [2.05, 4.69) is 5.32 Å². The summed E-state index contributed by atoms with van der Waals surface area (Å²) in [5.74, 6) is 1.16. The van der Waals surface area contributed by atoms with Gasteiger partial charge in [-0.25, -0.2) is 0 Å². The average Bonchev–Trinajstić information content (AvgIpc) is 2.91. The summed E-state index contributed by atoms with van der Waals surface area (Å²) in [6, 6.07) is 10.4. The topological polar surface area (TPSA) is 60.7 Å². The summed E-state index contributed by atoms with van der Waals surface area (Å²) in [5.41, 5.74) is 1.94. The van der Waals surface area contributed by atoms with Crippen molar-refractivity contribution >= 4 is 34.2 Å². The Labute approximate surface area is 144 Å². The van der Waals surface area contributed by atoms with Crippen molar-refractivity contribution in [2.24, 2.45) is 0 Å². The van der Waals surface area contributed by atoms with Crippen molar-refractivity contribution in [2.45, 2.75) is 6.92 Å². The Morgan fingerprint density at radius 2 is 1.92 bits per heavy atom. The van der Waals surface area contributed by atoms with Crippen molar-refractivity contribution < 1.29 is 18.7 Å². The fourth-order valence-electron chi connectivity index (χ4n) is 2.48. The minimum absolute atomic E-state index is 0.255. The van der Waals surface area contributed by atoms with Crippen molar-refractivity contribution in [3.8, 4) is 11.5 Å². The molecule has 3 rings (SSSR count). The maximum atomic E-state index is 12.5. The van der Waals surface area contributed by atoms with Crippen LogP contribution in [0.3, 0.4) is 0 Å². The van der Waals surface area contributed by atoms with E-state index in [0.29, 0.717) is 27.8 Å². The second kappa shape index (κ2) is 6.45. The molecule has 6 heteroatoms. The zero-order valence-corrected chi connectivity index (χ0v) is 14.2. The Hall–Kier alpha value is -2.66. The molecule has 0 bridgehead atoms. The van der Waals surface area contributed by atoms with Gasteiger partial charge in [-0.1, -0.05) is 11.6 Å². The van der Waals surface area contributed by atoms with Crippen LogP contribution in [-0.4, -0.2) is 20.1 Å². The molecule has 1 N–H and O–H groups in total. The number of rotatable bonds is 4. The molecular formula is C18H16ClNO4. The SMILES string of the molecule is COc1ccc2oc(C(=O)Nc3ccc(OC)c(Cl)c3)c(C)c2c1. The molecule has 0 aliphatic carbocycles. The van der Waals surface area contributed by atoms with Gasteiger partial charge >= 0.3 is 0 Å². The molecule has 0 saturated carbocycles. The van der Waals surface area contributed by atoms with E-state index in [1.807, 2.05) is 13.0 Å². The monoisotopic (exact) mass is 345 g/mol. The van der Waals surface area contributed by atoms with Crippen molar-refractivity contribution in [2.75, 3.05) is 19.5 Å². The number of carbonyl (C=O) groups is 1. The number of ether oxygens (including phenoxy) is 2. The molecule has 5 nitrogen and oxygen atoms in total. The molecule has 0 spiro atoms. The Morgan fingerprint density at radius 1 is 1.12 bits per heavy atom. The van der Waals surface area contributed by atoms with Gasteiger partial charge in [0.05, 0.1) is 19.2 Å². The molecule has 0 aliphatic rings. The van der Waals surface area contributed by atoms with Crippen LogP contribution < -0.4 is 14.8 Å². The first-order chi connectivity index (χ1) is 11.5. The van der Waals surface area contributed by atoms with E-state index in [1.54, 1.807) is 37.4 Å². The van der Waals surface area contributed by atoms with E-state index >= 15 is 0 Å². The number of hydrogen-bond donors (Lipinski definition) is 1. The molecular weight excluding hydrogens is 330 g/mol. The molecule has 0 radical (unpaired) electrons. The highest BCUT2D eigenvalue weighted by Gasteiger charge is 2.18.